The third kappa shape index (κ3) is 2.69. The number of nitrogens with zero attached hydrogens (tertiary/aromatic N) is 2. The van der Waals surface area contributed by atoms with Crippen molar-refractivity contribution in [3.05, 3.63) is 34.3 Å². The first-order valence-corrected chi connectivity index (χ1v) is 6.94. The lowest BCUT2D eigenvalue weighted by atomic mass is 10.0. The van der Waals surface area contributed by atoms with E-state index in [0.717, 1.165) is 0 Å². The summed E-state index contributed by atoms with van der Waals surface area (Å²) in [5, 5.41) is 13.7. The van der Waals surface area contributed by atoms with Crippen LogP contribution in [0.2, 0.25) is 0 Å². The molecular weight excluding hydrogens is 353 g/mol. The number of hydrazone groups is 1. The summed E-state index contributed by atoms with van der Waals surface area (Å²) in [5.41, 5.74) is -3.18. The van der Waals surface area contributed by atoms with Crippen LogP contribution >= 0.6 is 15.9 Å². The molecule has 0 radical (unpaired) electrons. The van der Waals surface area contributed by atoms with Gasteiger partial charge >= 0.3 is 6.18 Å². The minimum Gasteiger partial charge on any atom is -0.362 e. The van der Waals surface area contributed by atoms with Crippen molar-refractivity contribution in [1.29, 1.82) is 0 Å². The maximum atomic E-state index is 13.2. The molecule has 4 nitrogen and oxygen atoms in total. The van der Waals surface area contributed by atoms with Crippen LogP contribution in [0.4, 0.5) is 13.2 Å². The smallest absolute Gasteiger partial charge is 0.362 e. The maximum Gasteiger partial charge on any atom is 0.438 e. The van der Waals surface area contributed by atoms with Crippen molar-refractivity contribution in [3.63, 3.8) is 0 Å². The zero-order chi connectivity index (χ0) is 15.8. The lowest BCUT2D eigenvalue weighted by Crippen LogP contribution is -2.56. The molecule has 0 saturated heterocycles. The minimum atomic E-state index is -5.00. The summed E-state index contributed by atoms with van der Waals surface area (Å²) in [4.78, 5) is 12.3. The summed E-state index contributed by atoms with van der Waals surface area (Å²) in [6.07, 6.45) is -5.51. The molecule has 0 aromatic heterocycles. The van der Waals surface area contributed by atoms with Gasteiger partial charge in [-0.15, -0.1) is 0 Å². The summed E-state index contributed by atoms with van der Waals surface area (Å²) < 4.78 is 39.8. The van der Waals surface area contributed by atoms with Crippen molar-refractivity contribution < 1.29 is 23.1 Å². The van der Waals surface area contributed by atoms with Gasteiger partial charge in [0.05, 0.1) is 5.56 Å². The Morgan fingerprint density at radius 1 is 1.48 bits per heavy atom. The first-order valence-electron chi connectivity index (χ1n) is 6.15. The van der Waals surface area contributed by atoms with Crippen molar-refractivity contribution in [2.75, 3.05) is 0 Å². The molecule has 1 aromatic rings. The lowest BCUT2D eigenvalue weighted by molar-refractivity contribution is -0.297. The van der Waals surface area contributed by atoms with Crippen LogP contribution in [-0.4, -0.2) is 33.6 Å². The fourth-order valence-corrected chi connectivity index (χ4v) is 2.45. The highest BCUT2D eigenvalue weighted by Crippen LogP contribution is 2.41. The third-order valence-corrected chi connectivity index (χ3v) is 3.89. The van der Waals surface area contributed by atoms with E-state index >= 15 is 0 Å². The first kappa shape index (κ1) is 16.0. The molecule has 1 aromatic carbocycles. The fourth-order valence-electron chi connectivity index (χ4n) is 2.00. The molecule has 21 heavy (non-hydrogen) atoms. The van der Waals surface area contributed by atoms with E-state index in [9.17, 15) is 23.1 Å². The normalized spacial score (nSPS) is 22.4. The highest BCUT2D eigenvalue weighted by molar-refractivity contribution is 9.10. The summed E-state index contributed by atoms with van der Waals surface area (Å²) >= 11 is 3.11. The zero-order valence-corrected chi connectivity index (χ0v) is 12.6. The zero-order valence-electron chi connectivity index (χ0n) is 11.0. The van der Waals surface area contributed by atoms with Gasteiger partial charge < -0.3 is 5.11 Å². The molecule has 0 spiro atoms. The Hall–Kier alpha value is -1.41. The number of hydrogen-bond donors (Lipinski definition) is 1. The number of hydrogen-bond acceptors (Lipinski definition) is 3. The Labute approximate surface area is 127 Å². The second-order valence-electron chi connectivity index (χ2n) is 4.61. The minimum absolute atomic E-state index is 0.00118. The van der Waals surface area contributed by atoms with E-state index < -0.39 is 24.2 Å². The molecule has 8 heteroatoms. The molecule has 0 bridgehead atoms. The molecular formula is C13H12BrF3N2O2. The van der Waals surface area contributed by atoms with Crippen LogP contribution in [0.15, 0.2) is 33.8 Å². The van der Waals surface area contributed by atoms with Gasteiger partial charge in [-0.1, -0.05) is 19.1 Å². The van der Waals surface area contributed by atoms with Gasteiger partial charge in [-0.2, -0.15) is 23.3 Å². The van der Waals surface area contributed by atoms with Crippen LogP contribution in [0, 0.1) is 0 Å². The lowest BCUT2D eigenvalue weighted by Gasteiger charge is -2.32. The molecule has 2 rings (SSSR count). The average molecular weight is 365 g/mol. The third-order valence-electron chi connectivity index (χ3n) is 3.20. The van der Waals surface area contributed by atoms with Crippen LogP contribution in [0.5, 0.6) is 0 Å². The Morgan fingerprint density at radius 2 is 2.10 bits per heavy atom. The largest absolute Gasteiger partial charge is 0.438 e. The van der Waals surface area contributed by atoms with Gasteiger partial charge in [-0.25, -0.2) is 0 Å². The van der Waals surface area contributed by atoms with Crippen LogP contribution in [0.1, 0.15) is 30.1 Å². The van der Waals surface area contributed by atoms with Crippen molar-refractivity contribution in [2.45, 2.75) is 31.7 Å². The van der Waals surface area contributed by atoms with Crippen LogP contribution in [-0.2, 0) is 0 Å². The summed E-state index contributed by atoms with van der Waals surface area (Å²) in [6.45, 7) is 1.61. The van der Waals surface area contributed by atoms with Gasteiger partial charge in [0.15, 0.2) is 0 Å². The van der Waals surface area contributed by atoms with Gasteiger partial charge in [0.2, 0.25) is 0 Å². The molecule has 0 fully saturated rings. The number of carbonyl (C=O) groups is 1. The van der Waals surface area contributed by atoms with E-state index in [2.05, 4.69) is 21.0 Å². The molecule has 1 amide bonds. The Balaban J connectivity index is 2.46. The predicted molar refractivity (Wildman–Crippen MR) is 73.7 cm³/mol. The molecule has 1 aliphatic rings. The molecule has 0 aliphatic carbocycles. The van der Waals surface area contributed by atoms with Gasteiger partial charge in [0.1, 0.15) is 0 Å². The molecule has 1 aliphatic heterocycles. The quantitative estimate of drug-likeness (QED) is 0.875. The SMILES string of the molecule is CCC1=NN(C(=O)c2ccccc2Br)[C@@](O)(C(F)(F)F)C1. The van der Waals surface area contributed by atoms with Crippen molar-refractivity contribution in [1.82, 2.24) is 5.01 Å². The van der Waals surface area contributed by atoms with Gasteiger partial charge in [-0.05, 0) is 34.5 Å². The maximum absolute atomic E-state index is 13.2. The highest BCUT2D eigenvalue weighted by Gasteiger charge is 2.63. The molecule has 114 valence electrons. The van der Waals surface area contributed by atoms with Crippen molar-refractivity contribution >= 4 is 27.5 Å². The van der Waals surface area contributed by atoms with E-state index in [0.29, 0.717) is 4.47 Å². The van der Waals surface area contributed by atoms with Gasteiger partial charge in [-0.3, -0.25) is 4.79 Å². The van der Waals surface area contributed by atoms with Crippen LogP contribution in [0.3, 0.4) is 0 Å². The van der Waals surface area contributed by atoms with Gasteiger partial charge in [0, 0.05) is 16.6 Å². The summed E-state index contributed by atoms with van der Waals surface area (Å²) in [5.74, 6) is -1.01. The number of amides is 1. The summed E-state index contributed by atoms with van der Waals surface area (Å²) in [6, 6.07) is 6.04. The summed E-state index contributed by atoms with van der Waals surface area (Å²) in [7, 11) is 0. The Morgan fingerprint density at radius 3 is 2.62 bits per heavy atom. The van der Waals surface area contributed by atoms with E-state index in [1.807, 2.05) is 0 Å². The molecule has 1 heterocycles. The molecule has 1 N–H and O–H groups in total. The number of alkyl halides is 3. The standard InChI is InChI=1S/C13H12BrF3N2O2/c1-2-8-7-12(21,13(15,16)17)19(18-8)11(20)9-5-3-4-6-10(9)14/h3-6,21H,2,7H2,1H3/t12-/m0/s1. The fraction of sp³-hybridized carbons (Fsp3) is 0.385. The van der Waals surface area contributed by atoms with Crippen LogP contribution in [0.25, 0.3) is 0 Å². The molecule has 1 atom stereocenters. The topological polar surface area (TPSA) is 52.9 Å². The van der Waals surface area contributed by atoms with E-state index in [1.54, 1.807) is 13.0 Å². The number of carbonyl (C=O) groups excluding carboxylic acids is 1. The van der Waals surface area contributed by atoms with E-state index in [4.69, 9.17) is 0 Å². The number of aliphatic hydroxyl groups is 1. The second kappa shape index (κ2) is 5.42. The molecule has 0 unspecified atom stereocenters. The number of halogens is 4. The Bertz CT molecular complexity index is 603. The van der Waals surface area contributed by atoms with E-state index in [1.165, 1.54) is 18.2 Å². The number of rotatable bonds is 2. The first-order chi connectivity index (χ1) is 9.70. The average Bonchev–Trinajstić information content (AvgIpc) is 2.77. The second-order valence-corrected chi connectivity index (χ2v) is 5.46. The molecule has 0 saturated carbocycles. The number of benzene rings is 1. The Kier molecular flexibility index (Phi) is 4.12. The monoisotopic (exact) mass is 364 g/mol. The predicted octanol–water partition coefficient (Wildman–Crippen LogP) is 3.31. The van der Waals surface area contributed by atoms with Crippen LogP contribution < -0.4 is 0 Å². The highest BCUT2D eigenvalue weighted by atomic mass is 79.9. The van der Waals surface area contributed by atoms with E-state index in [-0.39, 0.29) is 22.7 Å². The van der Waals surface area contributed by atoms with Crippen molar-refractivity contribution in [3.8, 4) is 0 Å². The van der Waals surface area contributed by atoms with Crippen molar-refractivity contribution in [2.24, 2.45) is 5.10 Å². The van der Waals surface area contributed by atoms with Gasteiger partial charge in [0.25, 0.3) is 11.6 Å².